The van der Waals surface area contributed by atoms with E-state index in [4.69, 9.17) is 23.7 Å². The van der Waals surface area contributed by atoms with Crippen LogP contribution < -0.4 is 5.32 Å². The van der Waals surface area contributed by atoms with Crippen LogP contribution in [0.5, 0.6) is 0 Å². The summed E-state index contributed by atoms with van der Waals surface area (Å²) in [5.41, 5.74) is 0.220. The van der Waals surface area contributed by atoms with Gasteiger partial charge in [-0.15, -0.1) is 0 Å². The number of carbonyl (C=O) groups is 4. The second kappa shape index (κ2) is 20.4. The molecule has 0 aliphatic carbocycles. The van der Waals surface area contributed by atoms with Crippen LogP contribution in [0.25, 0.3) is 0 Å². The van der Waals surface area contributed by atoms with Crippen LogP contribution in [-0.4, -0.2) is 68.7 Å². The van der Waals surface area contributed by atoms with Crippen molar-refractivity contribution < 1.29 is 42.9 Å². The molecule has 39 heavy (non-hydrogen) atoms. The van der Waals surface area contributed by atoms with Gasteiger partial charge in [0, 0.05) is 38.0 Å². The minimum Gasteiger partial charge on any atom is -0.463 e. The van der Waals surface area contributed by atoms with E-state index in [9.17, 15) is 19.2 Å². The summed E-state index contributed by atoms with van der Waals surface area (Å²) >= 11 is 0. The number of amides is 1. The molecule has 0 saturated carbocycles. The maximum absolute atomic E-state index is 12.4. The number of rotatable bonds is 19. The van der Waals surface area contributed by atoms with Gasteiger partial charge in [-0.25, -0.2) is 4.79 Å². The van der Waals surface area contributed by atoms with Gasteiger partial charge < -0.3 is 29.0 Å². The molecule has 1 fully saturated rings. The van der Waals surface area contributed by atoms with Crippen LogP contribution in [0.2, 0.25) is 0 Å². The van der Waals surface area contributed by atoms with Gasteiger partial charge in [0.2, 0.25) is 5.91 Å². The highest BCUT2D eigenvalue weighted by Gasteiger charge is 2.43. The monoisotopic (exact) mass is 555 g/mol. The predicted octanol–water partition coefficient (Wildman–Crippen LogP) is 4.39. The summed E-state index contributed by atoms with van der Waals surface area (Å²) in [6, 6.07) is 0. The Morgan fingerprint density at radius 3 is 2.05 bits per heavy atom. The van der Waals surface area contributed by atoms with Gasteiger partial charge in [-0.05, 0) is 13.3 Å². The van der Waals surface area contributed by atoms with Gasteiger partial charge in [-0.3, -0.25) is 14.4 Å². The van der Waals surface area contributed by atoms with E-state index in [0.717, 1.165) is 19.3 Å². The van der Waals surface area contributed by atoms with Crippen molar-refractivity contribution in [3.63, 3.8) is 0 Å². The first kappa shape index (κ1) is 34.6. The average Bonchev–Trinajstić information content (AvgIpc) is 2.88. The van der Waals surface area contributed by atoms with Gasteiger partial charge >= 0.3 is 17.9 Å². The van der Waals surface area contributed by atoms with Crippen LogP contribution >= 0.6 is 0 Å². The van der Waals surface area contributed by atoms with Gasteiger partial charge in [0.1, 0.15) is 25.4 Å². The summed E-state index contributed by atoms with van der Waals surface area (Å²) in [4.78, 5) is 47.9. The molecule has 4 atom stereocenters. The number of hydrogen-bond donors (Lipinski definition) is 1. The van der Waals surface area contributed by atoms with E-state index in [-0.39, 0.29) is 31.3 Å². The highest BCUT2D eigenvalue weighted by Crippen LogP contribution is 2.33. The number of hydrogen-bond acceptors (Lipinski definition) is 9. The van der Waals surface area contributed by atoms with Gasteiger partial charge in [-0.2, -0.15) is 0 Å². The van der Waals surface area contributed by atoms with Gasteiger partial charge in [0.25, 0.3) is 0 Å². The molecule has 1 aliphatic rings. The lowest BCUT2D eigenvalue weighted by molar-refractivity contribution is -0.217. The average molecular weight is 556 g/mol. The fourth-order valence-corrected chi connectivity index (χ4v) is 4.39. The van der Waals surface area contributed by atoms with E-state index < -0.39 is 42.3 Å². The van der Waals surface area contributed by atoms with Crippen LogP contribution in [0, 0.1) is 5.92 Å². The quantitative estimate of drug-likeness (QED) is 0.107. The second-order valence-electron chi connectivity index (χ2n) is 9.94. The van der Waals surface area contributed by atoms with Crippen molar-refractivity contribution in [2.24, 2.45) is 5.92 Å². The number of nitrogens with one attached hydrogen (secondary N) is 1. The van der Waals surface area contributed by atoms with E-state index in [2.05, 4.69) is 12.2 Å². The molecule has 224 valence electrons. The van der Waals surface area contributed by atoms with Crippen LogP contribution in [0.3, 0.4) is 0 Å². The first-order valence-electron chi connectivity index (χ1n) is 14.4. The van der Waals surface area contributed by atoms with E-state index in [0.29, 0.717) is 6.54 Å². The minimum atomic E-state index is -1.18. The molecule has 0 radical (unpaired) electrons. The number of ether oxygens (including phenoxy) is 5. The third-order valence-corrected chi connectivity index (χ3v) is 6.50. The van der Waals surface area contributed by atoms with Gasteiger partial charge in [-0.1, -0.05) is 71.6 Å². The molecule has 0 spiro atoms. The van der Waals surface area contributed by atoms with Crippen molar-refractivity contribution in [2.75, 3.05) is 26.4 Å². The molecule has 0 bridgehead atoms. The summed E-state index contributed by atoms with van der Waals surface area (Å²) in [6.45, 7) is 8.42. The standard InChI is InChI=1S/C29H49NO9/c1-6-8-9-10-11-12-13-14-15-16-17-30-26(33)20-37-29-24(18-27(34)35-7-2)28(38-23(5)32)21(3)25(39-29)19-36-22(4)31/h18,21,25,28-29H,6-17,19-20H2,1-5H3,(H,30,33). The first-order valence-corrected chi connectivity index (χ1v) is 14.4. The van der Waals surface area contributed by atoms with Crippen LogP contribution in [-0.2, 0) is 42.9 Å². The third kappa shape index (κ3) is 15.1. The molecule has 1 heterocycles. The molecule has 0 aromatic carbocycles. The number of unbranched alkanes of at least 4 members (excludes halogenated alkanes) is 9. The molecule has 0 aromatic heterocycles. The summed E-state index contributed by atoms with van der Waals surface area (Å²) < 4.78 is 27.3. The summed E-state index contributed by atoms with van der Waals surface area (Å²) in [5.74, 6) is -2.52. The summed E-state index contributed by atoms with van der Waals surface area (Å²) in [5, 5.41) is 2.84. The predicted molar refractivity (Wildman–Crippen MR) is 146 cm³/mol. The van der Waals surface area contributed by atoms with E-state index in [1.54, 1.807) is 13.8 Å². The fraction of sp³-hybridized carbons (Fsp3) is 0.793. The van der Waals surface area contributed by atoms with Gasteiger partial charge in [0.15, 0.2) is 6.29 Å². The van der Waals surface area contributed by atoms with Crippen molar-refractivity contribution >= 4 is 23.8 Å². The summed E-state index contributed by atoms with van der Waals surface area (Å²) in [7, 11) is 0. The first-order chi connectivity index (χ1) is 18.7. The van der Waals surface area contributed by atoms with Crippen molar-refractivity contribution in [1.82, 2.24) is 5.32 Å². The molecule has 0 aromatic rings. The molecule has 10 heteroatoms. The maximum Gasteiger partial charge on any atom is 0.331 e. The molecule has 4 unspecified atom stereocenters. The largest absolute Gasteiger partial charge is 0.463 e. The van der Waals surface area contributed by atoms with Crippen LogP contribution in [0.4, 0.5) is 0 Å². The topological polar surface area (TPSA) is 126 Å². The Morgan fingerprint density at radius 1 is 0.872 bits per heavy atom. The smallest absolute Gasteiger partial charge is 0.331 e. The molecule has 1 saturated heterocycles. The number of carbonyl (C=O) groups excluding carboxylic acids is 4. The van der Waals surface area contributed by atoms with E-state index >= 15 is 0 Å². The van der Waals surface area contributed by atoms with Gasteiger partial charge in [0.05, 0.1) is 6.61 Å². The van der Waals surface area contributed by atoms with Crippen LogP contribution in [0.1, 0.15) is 98.8 Å². The molecule has 1 rings (SSSR count). The normalized spacial score (nSPS) is 21.8. The second-order valence-corrected chi connectivity index (χ2v) is 9.94. The molecular weight excluding hydrogens is 506 g/mol. The van der Waals surface area contributed by atoms with E-state index in [1.807, 2.05) is 0 Å². The van der Waals surface area contributed by atoms with E-state index in [1.165, 1.54) is 64.9 Å². The Bertz CT molecular complexity index is 783. The zero-order chi connectivity index (χ0) is 29.0. The lowest BCUT2D eigenvalue weighted by Gasteiger charge is -2.41. The molecule has 1 aliphatic heterocycles. The van der Waals surface area contributed by atoms with Crippen molar-refractivity contribution in [3.8, 4) is 0 Å². The van der Waals surface area contributed by atoms with Crippen molar-refractivity contribution in [2.45, 2.75) is 117 Å². The highest BCUT2D eigenvalue weighted by molar-refractivity contribution is 5.83. The van der Waals surface area contributed by atoms with Crippen molar-refractivity contribution in [3.05, 3.63) is 11.6 Å². The molecule has 1 amide bonds. The Kier molecular flexibility index (Phi) is 18.1. The fourth-order valence-electron chi connectivity index (χ4n) is 4.39. The van der Waals surface area contributed by atoms with Crippen LogP contribution in [0.15, 0.2) is 11.6 Å². The Morgan fingerprint density at radius 2 is 1.49 bits per heavy atom. The zero-order valence-corrected chi connectivity index (χ0v) is 24.5. The maximum atomic E-state index is 12.4. The molecule has 10 nitrogen and oxygen atoms in total. The Hall–Kier alpha value is -2.46. The Labute approximate surface area is 233 Å². The lowest BCUT2D eigenvalue weighted by Crippen LogP contribution is -2.50. The minimum absolute atomic E-state index is 0.105. The zero-order valence-electron chi connectivity index (χ0n) is 24.5. The van der Waals surface area contributed by atoms with Crippen molar-refractivity contribution in [1.29, 1.82) is 0 Å². The molecule has 1 N–H and O–H groups in total. The lowest BCUT2D eigenvalue weighted by atomic mass is 9.88. The third-order valence-electron chi connectivity index (χ3n) is 6.50. The highest BCUT2D eigenvalue weighted by atomic mass is 16.7. The Balaban J connectivity index is 2.65. The number of esters is 3. The SMILES string of the molecule is CCCCCCCCCCCCNC(=O)COC1OC(COC(C)=O)C(C)C(OC(C)=O)C1=CC(=O)OCC. The summed E-state index contributed by atoms with van der Waals surface area (Å²) in [6.07, 6.45) is 10.5. The molecular formula is C29H49NO9.